The zero-order valence-electron chi connectivity index (χ0n) is 15.1. The van der Waals surface area contributed by atoms with Crippen LogP contribution in [0.4, 0.5) is 0 Å². The Labute approximate surface area is 168 Å². The molecule has 0 radical (unpaired) electrons. The number of hydrogen-bond donors (Lipinski definition) is 1. The van der Waals surface area contributed by atoms with E-state index in [1.54, 1.807) is 0 Å². The number of benzene rings is 2. The van der Waals surface area contributed by atoms with Gasteiger partial charge in [-0.1, -0.05) is 41.4 Å². The van der Waals surface area contributed by atoms with E-state index in [0.717, 1.165) is 28.4 Å². The number of carbonyl (C=O) groups is 1. The van der Waals surface area contributed by atoms with Gasteiger partial charge in [0.1, 0.15) is 17.4 Å². The highest BCUT2D eigenvalue weighted by atomic mass is 35.5. The third-order valence-electron chi connectivity index (χ3n) is 3.97. The number of rotatable bonds is 8. The van der Waals surface area contributed by atoms with E-state index in [0.29, 0.717) is 18.2 Å². The topological polar surface area (TPSA) is 51.2 Å². The molecule has 0 spiro atoms. The number of aromatic nitrogens is 1. The third-order valence-corrected chi connectivity index (χ3v) is 5.10. The van der Waals surface area contributed by atoms with Crippen molar-refractivity contribution in [3.05, 3.63) is 80.8 Å². The van der Waals surface area contributed by atoms with Crippen LogP contribution >= 0.6 is 22.9 Å². The zero-order chi connectivity index (χ0) is 19.1. The number of nitrogens with one attached hydrogen (secondary N) is 1. The van der Waals surface area contributed by atoms with Crippen molar-refractivity contribution in [2.24, 2.45) is 0 Å². The number of halogens is 1. The number of nitrogens with zero attached hydrogens (tertiary/aromatic N) is 1. The molecule has 0 atom stereocenters. The van der Waals surface area contributed by atoms with Crippen LogP contribution < -0.4 is 10.1 Å². The number of ether oxygens (including phenoxy) is 1. The fraction of sp³-hybridized carbons (Fsp3) is 0.238. The van der Waals surface area contributed by atoms with E-state index in [9.17, 15) is 4.79 Å². The first-order valence-corrected chi connectivity index (χ1v) is 9.98. The number of aryl methyl sites for hydroxylation is 1. The Balaban J connectivity index is 1.40. The Morgan fingerprint density at radius 1 is 1.15 bits per heavy atom. The lowest BCUT2D eigenvalue weighted by Crippen LogP contribution is -2.27. The van der Waals surface area contributed by atoms with Crippen LogP contribution in [0, 0.1) is 6.92 Å². The second-order valence-electron chi connectivity index (χ2n) is 6.24. The molecule has 0 aliphatic carbocycles. The highest BCUT2D eigenvalue weighted by Gasteiger charge is 2.08. The lowest BCUT2D eigenvalue weighted by molar-refractivity contribution is -0.120. The highest BCUT2D eigenvalue weighted by molar-refractivity contribution is 7.09. The Kier molecular flexibility index (Phi) is 6.85. The molecule has 1 N–H and O–H groups in total. The van der Waals surface area contributed by atoms with Gasteiger partial charge in [-0.25, -0.2) is 4.98 Å². The van der Waals surface area contributed by atoms with Crippen molar-refractivity contribution in [3.63, 3.8) is 0 Å². The summed E-state index contributed by atoms with van der Waals surface area (Å²) in [5.41, 5.74) is 3.11. The maximum Gasteiger partial charge on any atom is 0.226 e. The van der Waals surface area contributed by atoms with Crippen LogP contribution in [0.25, 0.3) is 0 Å². The molecule has 27 heavy (non-hydrogen) atoms. The molecule has 6 heteroatoms. The van der Waals surface area contributed by atoms with Crippen LogP contribution in [-0.2, 0) is 24.2 Å². The predicted octanol–water partition coefficient (Wildman–Crippen LogP) is 4.59. The van der Waals surface area contributed by atoms with Gasteiger partial charge in [-0.15, -0.1) is 11.3 Å². The molecule has 1 aromatic heterocycles. The summed E-state index contributed by atoms with van der Waals surface area (Å²) in [7, 11) is 0. The molecule has 1 amide bonds. The van der Waals surface area contributed by atoms with Crippen molar-refractivity contribution in [3.8, 4) is 5.75 Å². The molecular weight excluding hydrogens is 380 g/mol. The van der Waals surface area contributed by atoms with Gasteiger partial charge >= 0.3 is 0 Å². The second kappa shape index (κ2) is 9.53. The molecule has 1 heterocycles. The van der Waals surface area contributed by atoms with Crippen molar-refractivity contribution < 1.29 is 9.53 Å². The van der Waals surface area contributed by atoms with Crippen LogP contribution in [0.1, 0.15) is 21.8 Å². The first-order chi connectivity index (χ1) is 13.1. The quantitative estimate of drug-likeness (QED) is 0.601. The molecule has 3 rings (SSSR count). The smallest absolute Gasteiger partial charge is 0.226 e. The Hall–Kier alpha value is -2.37. The van der Waals surface area contributed by atoms with Crippen LogP contribution in [-0.4, -0.2) is 17.4 Å². The lowest BCUT2D eigenvalue weighted by Gasteiger charge is -2.05. The van der Waals surface area contributed by atoms with Crippen molar-refractivity contribution in [2.45, 2.75) is 26.4 Å². The fourth-order valence-electron chi connectivity index (χ4n) is 2.50. The van der Waals surface area contributed by atoms with Gasteiger partial charge in [0.15, 0.2) is 0 Å². The first kappa shape index (κ1) is 19.4. The second-order valence-corrected chi connectivity index (χ2v) is 7.62. The van der Waals surface area contributed by atoms with E-state index in [2.05, 4.69) is 10.3 Å². The summed E-state index contributed by atoms with van der Waals surface area (Å²) in [6, 6.07) is 15.6. The van der Waals surface area contributed by atoms with Gasteiger partial charge < -0.3 is 10.1 Å². The summed E-state index contributed by atoms with van der Waals surface area (Å²) in [5.74, 6) is 0.789. The highest BCUT2D eigenvalue weighted by Crippen LogP contribution is 2.16. The lowest BCUT2D eigenvalue weighted by atomic mass is 10.1. The average Bonchev–Trinajstić information content (AvgIpc) is 3.10. The van der Waals surface area contributed by atoms with Crippen molar-refractivity contribution in [2.75, 3.05) is 6.54 Å². The Bertz CT molecular complexity index is 876. The van der Waals surface area contributed by atoms with Gasteiger partial charge in [-0.3, -0.25) is 4.79 Å². The maximum absolute atomic E-state index is 12.1. The summed E-state index contributed by atoms with van der Waals surface area (Å²) in [5, 5.41) is 6.41. The minimum Gasteiger partial charge on any atom is -0.486 e. The maximum atomic E-state index is 12.1. The van der Waals surface area contributed by atoms with Crippen LogP contribution in [0.3, 0.4) is 0 Å². The number of thiazole rings is 1. The predicted molar refractivity (Wildman–Crippen MR) is 109 cm³/mol. The van der Waals surface area contributed by atoms with Crippen LogP contribution in [0.2, 0.25) is 5.02 Å². The average molecular weight is 401 g/mol. The normalized spacial score (nSPS) is 10.6. The molecule has 0 saturated carbocycles. The van der Waals surface area contributed by atoms with E-state index in [-0.39, 0.29) is 12.3 Å². The van der Waals surface area contributed by atoms with Gasteiger partial charge in [-0.2, -0.15) is 0 Å². The molecule has 0 unspecified atom stereocenters. The van der Waals surface area contributed by atoms with Gasteiger partial charge in [0.05, 0.1) is 12.1 Å². The molecule has 0 aliphatic heterocycles. The number of carbonyl (C=O) groups excluding carboxylic acids is 1. The van der Waals surface area contributed by atoms with E-state index < -0.39 is 0 Å². The third kappa shape index (κ3) is 6.38. The molecule has 140 valence electrons. The molecule has 0 aliphatic rings. The minimum atomic E-state index is -0.0275. The molecular formula is C21H21ClN2O2S. The summed E-state index contributed by atoms with van der Waals surface area (Å²) < 4.78 is 5.73. The molecule has 0 fully saturated rings. The van der Waals surface area contributed by atoms with Crippen molar-refractivity contribution in [1.82, 2.24) is 10.3 Å². The van der Waals surface area contributed by atoms with E-state index in [4.69, 9.17) is 16.3 Å². The summed E-state index contributed by atoms with van der Waals surface area (Å²) >= 11 is 7.37. The van der Waals surface area contributed by atoms with Crippen LogP contribution in [0.5, 0.6) is 5.75 Å². The van der Waals surface area contributed by atoms with Gasteiger partial charge in [0, 0.05) is 16.9 Å². The Morgan fingerprint density at radius 2 is 1.89 bits per heavy atom. The van der Waals surface area contributed by atoms with Crippen molar-refractivity contribution in [1.29, 1.82) is 0 Å². The first-order valence-electron chi connectivity index (χ1n) is 8.72. The van der Waals surface area contributed by atoms with Crippen molar-refractivity contribution >= 4 is 28.8 Å². The molecule has 3 aromatic rings. The van der Waals surface area contributed by atoms with Gasteiger partial charge in [0.2, 0.25) is 5.91 Å². The summed E-state index contributed by atoms with van der Waals surface area (Å²) in [6.45, 7) is 3.04. The fourth-order valence-corrected chi connectivity index (χ4v) is 3.33. The molecule has 0 bridgehead atoms. The standard InChI is InChI=1S/C21H21ClN2O2S/c1-15-2-8-19(9-3-15)26-13-21-24-18(14-27-21)12-20(25)23-11-10-16-4-6-17(22)7-5-16/h2-9,14H,10-13H2,1H3,(H,23,25). The van der Waals surface area contributed by atoms with E-state index >= 15 is 0 Å². The number of amides is 1. The SMILES string of the molecule is Cc1ccc(OCc2nc(CC(=O)NCCc3ccc(Cl)cc3)cs2)cc1. The summed E-state index contributed by atoms with van der Waals surface area (Å²) in [4.78, 5) is 16.6. The van der Waals surface area contributed by atoms with Gasteiger partial charge in [-0.05, 0) is 43.2 Å². The minimum absolute atomic E-state index is 0.0275. The molecule has 0 saturated heterocycles. The van der Waals surface area contributed by atoms with Gasteiger partial charge in [0.25, 0.3) is 0 Å². The van der Waals surface area contributed by atoms with E-state index in [1.165, 1.54) is 16.9 Å². The molecule has 2 aromatic carbocycles. The zero-order valence-corrected chi connectivity index (χ0v) is 16.6. The monoisotopic (exact) mass is 400 g/mol. The largest absolute Gasteiger partial charge is 0.486 e. The molecule has 4 nitrogen and oxygen atoms in total. The van der Waals surface area contributed by atoms with Crippen LogP contribution in [0.15, 0.2) is 53.9 Å². The summed E-state index contributed by atoms with van der Waals surface area (Å²) in [6.07, 6.45) is 1.05. The Morgan fingerprint density at radius 3 is 2.63 bits per heavy atom. The number of hydrogen-bond acceptors (Lipinski definition) is 4. The van der Waals surface area contributed by atoms with E-state index in [1.807, 2.05) is 60.8 Å².